The zero-order valence-electron chi connectivity index (χ0n) is 17.0. The molecule has 2 heterocycles. The van der Waals surface area contributed by atoms with Gasteiger partial charge in [0.25, 0.3) is 0 Å². The van der Waals surface area contributed by atoms with Gasteiger partial charge in [-0.2, -0.15) is 0 Å². The topological polar surface area (TPSA) is 72.9 Å². The molecule has 0 unspecified atom stereocenters. The highest BCUT2D eigenvalue weighted by Gasteiger charge is 2.20. The van der Waals surface area contributed by atoms with Gasteiger partial charge in [0.2, 0.25) is 5.91 Å². The van der Waals surface area contributed by atoms with Crippen LogP contribution in [0, 0.1) is 0 Å². The molecule has 7 nitrogen and oxygen atoms in total. The first-order chi connectivity index (χ1) is 13.7. The number of benzene rings is 1. The van der Waals surface area contributed by atoms with Crippen molar-refractivity contribution in [2.24, 2.45) is 4.99 Å². The van der Waals surface area contributed by atoms with Gasteiger partial charge in [-0.3, -0.25) is 9.79 Å². The number of aromatic nitrogens is 1. The number of carbonyl (C=O) groups is 1. The van der Waals surface area contributed by atoms with Crippen LogP contribution < -0.4 is 15.5 Å². The normalized spacial score (nSPS) is 14.2. The molecule has 1 aliphatic rings. The molecule has 0 aliphatic carbocycles. The largest absolute Gasteiger partial charge is 0.356 e. The van der Waals surface area contributed by atoms with Crippen molar-refractivity contribution in [3.63, 3.8) is 0 Å². The van der Waals surface area contributed by atoms with Gasteiger partial charge in [-0.15, -0.1) is 24.0 Å². The second-order valence-corrected chi connectivity index (χ2v) is 6.76. The average molecular weight is 508 g/mol. The molecule has 1 amide bonds. The van der Waals surface area contributed by atoms with Gasteiger partial charge in [-0.05, 0) is 36.2 Å². The molecule has 1 aromatic heterocycles. The molecule has 0 bridgehead atoms. The summed E-state index contributed by atoms with van der Waals surface area (Å²) in [5.41, 5.74) is 2.04. The first-order valence-corrected chi connectivity index (χ1v) is 9.64. The van der Waals surface area contributed by atoms with Crippen LogP contribution in [0.4, 0.5) is 11.5 Å². The van der Waals surface area contributed by atoms with Gasteiger partial charge in [-0.1, -0.05) is 18.2 Å². The maximum atomic E-state index is 11.1. The molecular formula is C21H29IN6O. The van der Waals surface area contributed by atoms with Crippen molar-refractivity contribution in [1.29, 1.82) is 0 Å². The van der Waals surface area contributed by atoms with Crippen molar-refractivity contribution in [3.05, 3.63) is 54.2 Å². The minimum Gasteiger partial charge on any atom is -0.356 e. The summed E-state index contributed by atoms with van der Waals surface area (Å²) in [5, 5.41) is 6.25. The standard InChI is InChI=1S/C21H28N6O.HI/c1-17(28)25-19-8-6-18(7-9-19)10-12-24-21(22-2)27-15-13-26(14-16-27)20-5-3-4-11-23-20;/h3-9,11H,10,12-16H2,1-2H3,(H,22,24)(H,25,28);1H. The molecule has 0 spiro atoms. The summed E-state index contributed by atoms with van der Waals surface area (Å²) in [7, 11) is 1.83. The van der Waals surface area contributed by atoms with Gasteiger partial charge < -0.3 is 20.4 Å². The van der Waals surface area contributed by atoms with E-state index < -0.39 is 0 Å². The van der Waals surface area contributed by atoms with Gasteiger partial charge >= 0.3 is 0 Å². The van der Waals surface area contributed by atoms with E-state index >= 15 is 0 Å². The van der Waals surface area contributed by atoms with Gasteiger partial charge in [0.15, 0.2) is 5.96 Å². The van der Waals surface area contributed by atoms with Gasteiger partial charge in [-0.25, -0.2) is 4.98 Å². The predicted octanol–water partition coefficient (Wildman–Crippen LogP) is 2.60. The van der Waals surface area contributed by atoms with Crippen LogP contribution in [0.1, 0.15) is 12.5 Å². The van der Waals surface area contributed by atoms with E-state index in [1.54, 1.807) is 0 Å². The zero-order valence-corrected chi connectivity index (χ0v) is 19.3. The lowest BCUT2D eigenvalue weighted by Gasteiger charge is -2.37. The predicted molar refractivity (Wildman–Crippen MR) is 129 cm³/mol. The van der Waals surface area contributed by atoms with Crippen molar-refractivity contribution in [2.75, 3.05) is 50.0 Å². The SMILES string of the molecule is CN=C(NCCc1ccc(NC(C)=O)cc1)N1CCN(c2ccccn2)CC1.I. The number of carbonyl (C=O) groups excluding carboxylic acids is 1. The minimum atomic E-state index is -0.0543. The minimum absolute atomic E-state index is 0. The first kappa shape index (κ1) is 22.9. The van der Waals surface area contributed by atoms with E-state index in [-0.39, 0.29) is 29.9 Å². The second-order valence-electron chi connectivity index (χ2n) is 6.76. The van der Waals surface area contributed by atoms with Crippen LogP contribution in [0.5, 0.6) is 0 Å². The summed E-state index contributed by atoms with van der Waals surface area (Å²) in [5.74, 6) is 1.92. The molecule has 8 heteroatoms. The maximum absolute atomic E-state index is 11.1. The maximum Gasteiger partial charge on any atom is 0.221 e. The van der Waals surface area contributed by atoms with Crippen LogP contribution in [0.15, 0.2) is 53.7 Å². The number of anilines is 2. The summed E-state index contributed by atoms with van der Waals surface area (Å²) in [6.07, 6.45) is 2.73. The summed E-state index contributed by atoms with van der Waals surface area (Å²) < 4.78 is 0. The lowest BCUT2D eigenvalue weighted by molar-refractivity contribution is -0.114. The zero-order chi connectivity index (χ0) is 19.8. The smallest absolute Gasteiger partial charge is 0.221 e. The van der Waals surface area contributed by atoms with E-state index in [1.165, 1.54) is 12.5 Å². The van der Waals surface area contributed by atoms with Crippen molar-refractivity contribution in [3.8, 4) is 0 Å². The van der Waals surface area contributed by atoms with Crippen molar-refractivity contribution in [2.45, 2.75) is 13.3 Å². The van der Waals surface area contributed by atoms with Gasteiger partial charge in [0.05, 0.1) is 0 Å². The first-order valence-electron chi connectivity index (χ1n) is 9.64. The number of pyridine rings is 1. The molecule has 29 heavy (non-hydrogen) atoms. The van der Waals surface area contributed by atoms with Gasteiger partial charge in [0.1, 0.15) is 5.82 Å². The Morgan fingerprint density at radius 2 is 1.83 bits per heavy atom. The van der Waals surface area contributed by atoms with Crippen LogP contribution in [0.25, 0.3) is 0 Å². The van der Waals surface area contributed by atoms with E-state index in [0.717, 1.165) is 56.6 Å². The van der Waals surface area contributed by atoms with Crippen LogP contribution >= 0.6 is 24.0 Å². The molecule has 2 aromatic rings. The number of nitrogens with one attached hydrogen (secondary N) is 2. The number of hydrogen-bond acceptors (Lipinski definition) is 4. The number of amides is 1. The fourth-order valence-corrected chi connectivity index (χ4v) is 3.30. The van der Waals surface area contributed by atoms with Crippen molar-refractivity contribution < 1.29 is 4.79 Å². The molecule has 1 saturated heterocycles. The fraction of sp³-hybridized carbons (Fsp3) is 0.381. The van der Waals surface area contributed by atoms with Gasteiger partial charge in [0, 0.05) is 58.6 Å². The Morgan fingerprint density at radius 1 is 1.10 bits per heavy atom. The van der Waals surface area contributed by atoms with Crippen molar-refractivity contribution in [1.82, 2.24) is 15.2 Å². The molecule has 1 aromatic carbocycles. The highest BCUT2D eigenvalue weighted by Crippen LogP contribution is 2.13. The van der Waals surface area contributed by atoms with E-state index in [4.69, 9.17) is 0 Å². The number of rotatable bonds is 5. The summed E-state index contributed by atoms with van der Waals surface area (Å²) in [6.45, 7) is 6.03. The monoisotopic (exact) mass is 508 g/mol. The number of nitrogens with zero attached hydrogens (tertiary/aromatic N) is 4. The number of aliphatic imine (C=N–C) groups is 1. The number of hydrogen-bond donors (Lipinski definition) is 2. The Morgan fingerprint density at radius 3 is 2.41 bits per heavy atom. The van der Waals surface area contributed by atoms with E-state index in [9.17, 15) is 4.79 Å². The number of piperazine rings is 1. The average Bonchev–Trinajstić information content (AvgIpc) is 2.73. The Bertz CT molecular complexity index is 789. The van der Waals surface area contributed by atoms with E-state index in [0.29, 0.717) is 0 Å². The highest BCUT2D eigenvalue weighted by atomic mass is 127. The van der Waals surface area contributed by atoms with Crippen LogP contribution in [0.3, 0.4) is 0 Å². The fourth-order valence-electron chi connectivity index (χ4n) is 3.30. The lowest BCUT2D eigenvalue weighted by Crippen LogP contribution is -2.53. The van der Waals surface area contributed by atoms with E-state index in [2.05, 4.69) is 36.5 Å². The molecule has 156 valence electrons. The third-order valence-electron chi connectivity index (χ3n) is 4.74. The second kappa shape index (κ2) is 11.6. The lowest BCUT2D eigenvalue weighted by atomic mass is 10.1. The quantitative estimate of drug-likeness (QED) is 0.369. The van der Waals surface area contributed by atoms with Crippen LogP contribution in [-0.4, -0.2) is 61.5 Å². The third kappa shape index (κ3) is 6.88. The highest BCUT2D eigenvalue weighted by molar-refractivity contribution is 14.0. The molecule has 0 atom stereocenters. The molecule has 2 N–H and O–H groups in total. The third-order valence-corrected chi connectivity index (χ3v) is 4.74. The Kier molecular flexibility index (Phi) is 9.17. The van der Waals surface area contributed by atoms with Crippen molar-refractivity contribution >= 4 is 47.3 Å². The Balaban J connectivity index is 0.00000300. The molecule has 1 aliphatic heterocycles. The van der Waals surface area contributed by atoms with Crippen LogP contribution in [0.2, 0.25) is 0 Å². The summed E-state index contributed by atoms with van der Waals surface area (Å²) in [4.78, 5) is 24.6. The Labute approximate surface area is 189 Å². The van der Waals surface area contributed by atoms with Crippen LogP contribution in [-0.2, 0) is 11.2 Å². The molecular weight excluding hydrogens is 479 g/mol. The summed E-state index contributed by atoms with van der Waals surface area (Å²) >= 11 is 0. The molecule has 3 rings (SSSR count). The number of halogens is 1. The van der Waals surface area contributed by atoms with E-state index in [1.807, 2.05) is 49.6 Å². The molecule has 0 radical (unpaired) electrons. The number of guanidine groups is 1. The molecule has 1 fully saturated rings. The summed E-state index contributed by atoms with van der Waals surface area (Å²) in [6, 6.07) is 14.0. The Hall–Kier alpha value is -2.36. The molecule has 0 saturated carbocycles.